The van der Waals surface area contributed by atoms with Gasteiger partial charge in [-0.05, 0) is 29.5 Å². The number of aromatic nitrogens is 1. The third-order valence-corrected chi connectivity index (χ3v) is 7.19. The number of benzene rings is 2. The van der Waals surface area contributed by atoms with Crippen LogP contribution in [0.25, 0.3) is 17.0 Å². The lowest BCUT2D eigenvalue weighted by molar-refractivity contribution is -0.139. The first kappa shape index (κ1) is 24.8. The molecule has 0 atom stereocenters. The normalized spacial score (nSPS) is 17.1. The first-order valence-electron chi connectivity index (χ1n) is 12.0. The van der Waals surface area contributed by atoms with Crippen LogP contribution < -0.4 is 5.32 Å². The molecule has 5 rings (SSSR count). The maximum atomic E-state index is 13.0. The number of nitrogens with zero attached hydrogens (tertiary/aromatic N) is 3. The van der Waals surface area contributed by atoms with Crippen molar-refractivity contribution in [1.82, 2.24) is 19.7 Å². The molecule has 1 aromatic heterocycles. The number of nitrogens with one attached hydrogen (secondary N) is 1. The minimum atomic E-state index is -0.492. The van der Waals surface area contributed by atoms with Gasteiger partial charge in [0.25, 0.3) is 11.1 Å². The molecule has 2 fully saturated rings. The van der Waals surface area contributed by atoms with E-state index in [0.717, 1.165) is 38.7 Å². The third kappa shape index (κ3) is 5.60. The number of amides is 4. The van der Waals surface area contributed by atoms with Crippen molar-refractivity contribution in [3.63, 3.8) is 0 Å². The Kier molecular flexibility index (Phi) is 7.38. The summed E-state index contributed by atoms with van der Waals surface area (Å²) in [5.74, 6) is -0.905. The molecule has 0 aliphatic carbocycles. The number of para-hydroxylation sites is 1. The summed E-state index contributed by atoms with van der Waals surface area (Å²) < 4.78 is 7.09. The molecule has 3 aromatic rings. The molecule has 37 heavy (non-hydrogen) atoms. The lowest BCUT2D eigenvalue weighted by atomic mass is 10.1. The molecular weight excluding hydrogens is 492 g/mol. The smallest absolute Gasteiger partial charge is 0.294 e. The Bertz CT molecular complexity index is 1380. The van der Waals surface area contributed by atoms with Gasteiger partial charge < -0.3 is 19.5 Å². The zero-order chi connectivity index (χ0) is 25.8. The van der Waals surface area contributed by atoms with Gasteiger partial charge in [0.15, 0.2) is 0 Å². The second kappa shape index (κ2) is 11.0. The number of fused-ring (bicyclic) bond motifs is 1. The lowest BCUT2D eigenvalue weighted by Gasteiger charge is -2.28. The number of morpholine rings is 1. The average molecular weight is 519 g/mol. The number of carbonyl (C=O) groups excluding carboxylic acids is 4. The minimum absolute atomic E-state index is 0.108. The number of hydrogen-bond acceptors (Lipinski definition) is 6. The van der Waals surface area contributed by atoms with E-state index in [1.54, 1.807) is 17.2 Å². The molecule has 2 aromatic carbocycles. The van der Waals surface area contributed by atoms with Gasteiger partial charge in [0.2, 0.25) is 11.8 Å². The summed E-state index contributed by atoms with van der Waals surface area (Å²) in [4.78, 5) is 53.7. The first-order valence-corrected chi connectivity index (χ1v) is 12.8. The van der Waals surface area contributed by atoms with E-state index >= 15 is 0 Å². The van der Waals surface area contributed by atoms with Crippen LogP contribution in [0.15, 0.2) is 65.7 Å². The van der Waals surface area contributed by atoms with Crippen LogP contribution >= 0.6 is 11.8 Å². The molecule has 10 heteroatoms. The molecule has 1 N–H and O–H groups in total. The second-order valence-electron chi connectivity index (χ2n) is 8.75. The van der Waals surface area contributed by atoms with Crippen LogP contribution in [0.2, 0.25) is 0 Å². The number of hydrogen-bond donors (Lipinski definition) is 1. The Morgan fingerprint density at radius 3 is 2.49 bits per heavy atom. The van der Waals surface area contributed by atoms with Crippen molar-refractivity contribution in [3.8, 4) is 0 Å². The molecule has 3 heterocycles. The fourth-order valence-electron chi connectivity index (χ4n) is 4.35. The van der Waals surface area contributed by atoms with E-state index in [-0.39, 0.29) is 29.8 Å². The summed E-state index contributed by atoms with van der Waals surface area (Å²) in [5.41, 5.74) is 2.57. The molecule has 0 radical (unpaired) electrons. The monoisotopic (exact) mass is 518 g/mol. The molecule has 4 amide bonds. The predicted molar refractivity (Wildman–Crippen MR) is 140 cm³/mol. The standard InChI is InChI=1S/C27H26N4O5S/c32-24(28-15-19-6-2-1-3-7-19)17-30-16-20(21-8-4-5-9-22(21)30)14-23-26(34)31(27(35)37-23)18-25(33)29-10-12-36-13-11-29/h1-9,14,16H,10-13,15,17-18H2,(H,28,32)/b23-14-. The summed E-state index contributed by atoms with van der Waals surface area (Å²) in [6.07, 6.45) is 3.46. The van der Waals surface area contributed by atoms with Crippen molar-refractivity contribution in [3.05, 3.63) is 76.8 Å². The van der Waals surface area contributed by atoms with Crippen LogP contribution in [-0.2, 0) is 32.2 Å². The highest BCUT2D eigenvalue weighted by molar-refractivity contribution is 8.18. The van der Waals surface area contributed by atoms with E-state index in [9.17, 15) is 19.2 Å². The number of carbonyl (C=O) groups is 4. The van der Waals surface area contributed by atoms with Gasteiger partial charge in [0, 0.05) is 42.3 Å². The molecule has 0 spiro atoms. The summed E-state index contributed by atoms with van der Waals surface area (Å²) in [6.45, 7) is 2.04. The molecule has 0 unspecified atom stereocenters. The molecule has 0 bridgehead atoms. The van der Waals surface area contributed by atoms with Gasteiger partial charge >= 0.3 is 0 Å². The summed E-state index contributed by atoms with van der Waals surface area (Å²) in [5, 5.41) is 3.32. The molecule has 2 saturated heterocycles. The Labute approximate surface area is 218 Å². The summed E-state index contributed by atoms with van der Waals surface area (Å²) >= 11 is 0.817. The van der Waals surface area contributed by atoms with Gasteiger partial charge in [-0.1, -0.05) is 48.5 Å². The van der Waals surface area contributed by atoms with Crippen molar-refractivity contribution in [2.24, 2.45) is 0 Å². The zero-order valence-electron chi connectivity index (χ0n) is 20.1. The average Bonchev–Trinajstić information content (AvgIpc) is 3.40. The molecule has 0 saturated carbocycles. The van der Waals surface area contributed by atoms with Gasteiger partial charge in [-0.15, -0.1) is 0 Å². The molecular formula is C27H26N4O5S. The fraction of sp³-hybridized carbons (Fsp3) is 0.259. The van der Waals surface area contributed by atoms with Crippen LogP contribution in [-0.4, -0.2) is 70.2 Å². The van der Waals surface area contributed by atoms with Crippen molar-refractivity contribution < 1.29 is 23.9 Å². The Morgan fingerprint density at radius 1 is 0.973 bits per heavy atom. The van der Waals surface area contributed by atoms with Gasteiger partial charge in [-0.25, -0.2) is 0 Å². The van der Waals surface area contributed by atoms with Crippen LogP contribution in [0.3, 0.4) is 0 Å². The number of imide groups is 1. The van der Waals surface area contributed by atoms with Gasteiger partial charge in [-0.2, -0.15) is 0 Å². The predicted octanol–water partition coefficient (Wildman–Crippen LogP) is 2.85. The first-order chi connectivity index (χ1) is 18.0. The minimum Gasteiger partial charge on any atom is -0.378 e. The summed E-state index contributed by atoms with van der Waals surface area (Å²) in [7, 11) is 0. The van der Waals surface area contributed by atoms with Gasteiger partial charge in [0.1, 0.15) is 13.1 Å². The van der Waals surface area contributed by atoms with E-state index in [1.807, 2.05) is 59.2 Å². The highest BCUT2D eigenvalue weighted by Crippen LogP contribution is 2.34. The van der Waals surface area contributed by atoms with Crippen molar-refractivity contribution in [2.75, 3.05) is 32.8 Å². The Morgan fingerprint density at radius 2 is 1.70 bits per heavy atom. The molecule has 2 aliphatic heterocycles. The Balaban J connectivity index is 1.31. The van der Waals surface area contributed by atoms with Gasteiger partial charge in [0.05, 0.1) is 18.1 Å². The second-order valence-corrected chi connectivity index (χ2v) is 9.75. The quantitative estimate of drug-likeness (QED) is 0.483. The van der Waals surface area contributed by atoms with Crippen LogP contribution in [0, 0.1) is 0 Å². The van der Waals surface area contributed by atoms with E-state index in [0.29, 0.717) is 32.8 Å². The topological polar surface area (TPSA) is 101 Å². The van der Waals surface area contributed by atoms with Crippen LogP contribution in [0.5, 0.6) is 0 Å². The van der Waals surface area contributed by atoms with E-state index < -0.39 is 11.1 Å². The zero-order valence-corrected chi connectivity index (χ0v) is 20.9. The number of rotatable bonds is 7. The molecule has 190 valence electrons. The largest absolute Gasteiger partial charge is 0.378 e. The van der Waals surface area contributed by atoms with Crippen molar-refractivity contribution >= 4 is 51.7 Å². The lowest BCUT2D eigenvalue weighted by Crippen LogP contribution is -2.46. The summed E-state index contributed by atoms with van der Waals surface area (Å²) in [6, 6.07) is 17.3. The van der Waals surface area contributed by atoms with Gasteiger partial charge in [-0.3, -0.25) is 24.1 Å². The van der Waals surface area contributed by atoms with E-state index in [1.165, 1.54) is 0 Å². The maximum absolute atomic E-state index is 13.0. The van der Waals surface area contributed by atoms with E-state index in [2.05, 4.69) is 5.32 Å². The highest BCUT2D eigenvalue weighted by atomic mass is 32.2. The third-order valence-electron chi connectivity index (χ3n) is 6.28. The SMILES string of the molecule is O=C(Cn1cc(/C=C2\SC(=O)N(CC(=O)N3CCOCC3)C2=O)c2ccccc21)NCc1ccccc1. The molecule has 2 aliphatic rings. The number of thioether (sulfide) groups is 1. The van der Waals surface area contributed by atoms with E-state index in [4.69, 9.17) is 4.74 Å². The van der Waals surface area contributed by atoms with Crippen molar-refractivity contribution in [2.45, 2.75) is 13.1 Å². The Hall–Kier alpha value is -3.89. The highest BCUT2D eigenvalue weighted by Gasteiger charge is 2.37. The fourth-order valence-corrected chi connectivity index (χ4v) is 5.18. The van der Waals surface area contributed by atoms with Crippen LogP contribution in [0.4, 0.5) is 4.79 Å². The van der Waals surface area contributed by atoms with Crippen LogP contribution in [0.1, 0.15) is 11.1 Å². The van der Waals surface area contributed by atoms with Crippen molar-refractivity contribution in [1.29, 1.82) is 0 Å². The molecule has 9 nitrogen and oxygen atoms in total. The number of ether oxygens (including phenoxy) is 1. The maximum Gasteiger partial charge on any atom is 0.294 e.